The van der Waals surface area contributed by atoms with E-state index in [0.717, 1.165) is 0 Å². The van der Waals surface area contributed by atoms with Crippen LogP contribution in [0.2, 0.25) is 0 Å². The Bertz CT molecular complexity index is 850. The summed E-state index contributed by atoms with van der Waals surface area (Å²) in [6.45, 7) is 3.33. The highest BCUT2D eigenvalue weighted by Gasteiger charge is 2.31. The van der Waals surface area contributed by atoms with Crippen molar-refractivity contribution in [1.82, 2.24) is 9.97 Å². The SMILES string of the molecule is CSc1ccccc1NS(=O)(=O)N(C(N)=O)c1nc(C)cc(C)n1. The first-order valence-electron chi connectivity index (χ1n) is 6.82. The molecule has 0 spiro atoms. The Morgan fingerprint density at radius 1 is 1.21 bits per heavy atom. The van der Waals surface area contributed by atoms with Gasteiger partial charge < -0.3 is 5.73 Å². The largest absolute Gasteiger partial charge is 0.350 e. The molecule has 0 bridgehead atoms. The second-order valence-corrected chi connectivity index (χ2v) is 7.23. The number of thioether (sulfide) groups is 1. The smallest absolute Gasteiger partial charge is 0.337 e. The van der Waals surface area contributed by atoms with Crippen molar-refractivity contribution in [2.45, 2.75) is 18.7 Å². The van der Waals surface area contributed by atoms with Gasteiger partial charge in [-0.15, -0.1) is 16.1 Å². The van der Waals surface area contributed by atoms with Gasteiger partial charge in [-0.1, -0.05) is 12.1 Å². The van der Waals surface area contributed by atoms with Crippen LogP contribution in [-0.4, -0.2) is 30.7 Å². The number of hydrogen-bond acceptors (Lipinski definition) is 6. The molecular weight excluding hydrogens is 350 g/mol. The van der Waals surface area contributed by atoms with E-state index in [-0.39, 0.29) is 5.95 Å². The Balaban J connectivity index is 2.48. The summed E-state index contributed by atoms with van der Waals surface area (Å²) >= 11 is 1.36. The van der Waals surface area contributed by atoms with Gasteiger partial charge in [0.05, 0.1) is 5.69 Å². The third-order valence-electron chi connectivity index (χ3n) is 2.94. The van der Waals surface area contributed by atoms with Gasteiger partial charge in [0.15, 0.2) is 0 Å². The number of amides is 2. The minimum atomic E-state index is -4.32. The Labute approximate surface area is 144 Å². The predicted molar refractivity (Wildman–Crippen MR) is 94.3 cm³/mol. The number of hydrogen-bond donors (Lipinski definition) is 2. The molecule has 128 valence electrons. The van der Waals surface area contributed by atoms with Crippen LogP contribution in [0.4, 0.5) is 16.4 Å². The van der Waals surface area contributed by atoms with Crippen molar-refractivity contribution in [1.29, 1.82) is 0 Å². The number of carbonyl (C=O) groups is 1. The second kappa shape index (κ2) is 7.05. The highest BCUT2D eigenvalue weighted by atomic mass is 32.2. The number of anilines is 2. The molecule has 0 atom stereocenters. The molecule has 1 heterocycles. The maximum Gasteiger partial charge on any atom is 0.337 e. The Morgan fingerprint density at radius 2 is 1.79 bits per heavy atom. The van der Waals surface area contributed by atoms with Gasteiger partial charge >= 0.3 is 16.2 Å². The Kier molecular flexibility index (Phi) is 5.30. The van der Waals surface area contributed by atoms with E-state index < -0.39 is 16.2 Å². The first kappa shape index (κ1) is 18.0. The lowest BCUT2D eigenvalue weighted by Gasteiger charge is -2.20. The summed E-state index contributed by atoms with van der Waals surface area (Å²) in [5, 5.41) is 0. The van der Waals surface area contributed by atoms with E-state index in [2.05, 4.69) is 14.7 Å². The highest BCUT2D eigenvalue weighted by Crippen LogP contribution is 2.26. The van der Waals surface area contributed by atoms with Gasteiger partial charge in [0.25, 0.3) is 0 Å². The molecule has 0 aliphatic rings. The molecule has 8 nitrogen and oxygen atoms in total. The molecule has 2 rings (SSSR count). The van der Waals surface area contributed by atoms with Gasteiger partial charge in [-0.2, -0.15) is 8.42 Å². The minimum absolute atomic E-state index is 0.297. The molecule has 0 fully saturated rings. The maximum atomic E-state index is 12.7. The first-order valence-corrected chi connectivity index (χ1v) is 9.49. The van der Waals surface area contributed by atoms with E-state index in [1.54, 1.807) is 44.2 Å². The molecule has 2 amide bonds. The summed E-state index contributed by atoms with van der Waals surface area (Å²) in [6.07, 6.45) is 1.81. The van der Waals surface area contributed by atoms with Crippen molar-refractivity contribution in [3.63, 3.8) is 0 Å². The lowest BCUT2D eigenvalue weighted by atomic mass is 10.3. The van der Waals surface area contributed by atoms with Crippen LogP contribution in [0.5, 0.6) is 0 Å². The predicted octanol–water partition coefficient (Wildman–Crippen LogP) is 2.06. The van der Waals surface area contributed by atoms with Crippen molar-refractivity contribution in [2.75, 3.05) is 15.3 Å². The third kappa shape index (κ3) is 3.95. The van der Waals surface area contributed by atoms with Crippen LogP contribution < -0.4 is 14.8 Å². The molecule has 0 unspecified atom stereocenters. The topological polar surface area (TPSA) is 118 Å². The number of carbonyl (C=O) groups excluding carboxylic acids is 1. The number of aromatic nitrogens is 2. The number of rotatable bonds is 5. The quantitative estimate of drug-likeness (QED) is 0.781. The van der Waals surface area contributed by atoms with Crippen LogP contribution >= 0.6 is 11.8 Å². The summed E-state index contributed by atoms with van der Waals surface area (Å²) in [7, 11) is -4.32. The third-order valence-corrected chi connectivity index (χ3v) is 5.04. The lowest BCUT2D eigenvalue weighted by molar-refractivity contribution is 0.256. The van der Waals surface area contributed by atoms with Crippen molar-refractivity contribution in [2.24, 2.45) is 5.73 Å². The molecule has 0 aliphatic heterocycles. The van der Waals surface area contributed by atoms with Crippen molar-refractivity contribution < 1.29 is 13.2 Å². The van der Waals surface area contributed by atoms with Gasteiger partial charge in [0.1, 0.15) is 0 Å². The van der Waals surface area contributed by atoms with Gasteiger partial charge in [-0.25, -0.2) is 14.8 Å². The zero-order valence-corrected chi connectivity index (χ0v) is 15.0. The van der Waals surface area contributed by atoms with E-state index >= 15 is 0 Å². The number of nitrogens with zero attached hydrogens (tertiary/aromatic N) is 3. The fourth-order valence-corrected chi connectivity index (χ4v) is 3.74. The zero-order valence-electron chi connectivity index (χ0n) is 13.3. The molecule has 0 radical (unpaired) electrons. The molecule has 2 aromatic rings. The summed E-state index contributed by atoms with van der Waals surface area (Å²) < 4.78 is 28.0. The average molecular weight is 367 g/mol. The molecule has 10 heteroatoms. The highest BCUT2D eigenvalue weighted by molar-refractivity contribution is 7.99. The number of nitrogens with one attached hydrogen (secondary N) is 1. The van der Waals surface area contributed by atoms with E-state index in [9.17, 15) is 13.2 Å². The van der Waals surface area contributed by atoms with Gasteiger partial charge in [-0.05, 0) is 38.3 Å². The monoisotopic (exact) mass is 367 g/mol. The van der Waals surface area contributed by atoms with E-state index in [0.29, 0.717) is 26.3 Å². The fourth-order valence-electron chi connectivity index (χ4n) is 2.04. The molecule has 0 saturated carbocycles. The zero-order chi connectivity index (χ0) is 17.9. The molecule has 0 saturated heterocycles. The molecule has 24 heavy (non-hydrogen) atoms. The van der Waals surface area contributed by atoms with Crippen LogP contribution in [0.3, 0.4) is 0 Å². The Morgan fingerprint density at radius 3 is 2.33 bits per heavy atom. The fraction of sp³-hybridized carbons (Fsp3) is 0.214. The van der Waals surface area contributed by atoms with Crippen LogP contribution in [0.25, 0.3) is 0 Å². The van der Waals surface area contributed by atoms with E-state index in [4.69, 9.17) is 5.73 Å². The summed E-state index contributed by atoms with van der Waals surface area (Å²) in [6, 6.07) is 7.26. The lowest BCUT2D eigenvalue weighted by Crippen LogP contribution is -2.45. The number of benzene rings is 1. The van der Waals surface area contributed by atoms with Crippen molar-refractivity contribution in [3.05, 3.63) is 41.7 Å². The van der Waals surface area contributed by atoms with E-state index in [1.165, 1.54) is 11.8 Å². The molecular formula is C14H17N5O3S2. The number of primary amides is 1. The second-order valence-electron chi connectivity index (χ2n) is 4.86. The number of nitrogens with two attached hydrogens (primary N) is 1. The van der Waals surface area contributed by atoms with Crippen LogP contribution in [0, 0.1) is 13.8 Å². The van der Waals surface area contributed by atoms with Crippen LogP contribution in [-0.2, 0) is 10.2 Å². The van der Waals surface area contributed by atoms with E-state index in [1.807, 2.05) is 6.26 Å². The molecule has 1 aromatic heterocycles. The number of urea groups is 1. The first-order chi connectivity index (χ1) is 11.2. The summed E-state index contributed by atoms with van der Waals surface area (Å²) in [5.74, 6) is -0.297. The molecule has 1 aromatic carbocycles. The normalized spacial score (nSPS) is 11.1. The summed E-state index contributed by atoms with van der Waals surface area (Å²) in [4.78, 5) is 20.4. The van der Waals surface area contributed by atoms with Gasteiger partial charge in [0, 0.05) is 16.3 Å². The molecule has 3 N–H and O–H groups in total. The number of para-hydroxylation sites is 1. The Hall–Kier alpha value is -2.33. The molecule has 0 aliphatic carbocycles. The summed E-state index contributed by atoms with van der Waals surface area (Å²) in [5.41, 5.74) is 6.63. The van der Waals surface area contributed by atoms with Crippen molar-refractivity contribution in [3.8, 4) is 0 Å². The minimum Gasteiger partial charge on any atom is -0.350 e. The van der Waals surface area contributed by atoms with Crippen LogP contribution in [0.15, 0.2) is 35.2 Å². The van der Waals surface area contributed by atoms with Gasteiger partial charge in [-0.3, -0.25) is 4.72 Å². The van der Waals surface area contributed by atoms with Crippen LogP contribution in [0.1, 0.15) is 11.4 Å². The average Bonchev–Trinajstić information content (AvgIpc) is 2.45. The van der Waals surface area contributed by atoms with Gasteiger partial charge in [0.2, 0.25) is 5.95 Å². The maximum absolute atomic E-state index is 12.7. The standard InChI is InChI=1S/C14H17N5O3S2/c1-9-8-10(2)17-14(16-9)19(13(15)20)24(21,22)18-11-6-4-5-7-12(11)23-3/h4-8,18H,1-3H3,(H2,15,20). The van der Waals surface area contributed by atoms with Crippen molar-refractivity contribution >= 4 is 39.6 Å². The number of aryl methyl sites for hydroxylation is 2.